The second kappa shape index (κ2) is 6.22. The van der Waals surface area contributed by atoms with Crippen molar-refractivity contribution >= 4 is 40.6 Å². The minimum atomic E-state index is -0.0777. The molecule has 0 saturated carbocycles. The molecule has 4 nitrogen and oxygen atoms in total. The van der Waals surface area contributed by atoms with Crippen LogP contribution in [0.4, 0.5) is 0 Å². The molecule has 0 spiro atoms. The number of halogens is 3. The number of amidine groups is 1. The minimum absolute atomic E-state index is 0.0777. The van der Waals surface area contributed by atoms with Crippen LogP contribution in [0.1, 0.15) is 5.56 Å². The molecule has 0 bridgehead atoms. The fraction of sp³-hybridized carbons (Fsp3) is 0. The topological polar surface area (TPSA) is 67.8 Å². The molecular weight excluding hydrogens is 323 g/mol. The molecule has 0 unspecified atom stereocenters. The number of hydrogen-bond acceptors (Lipinski definition) is 3. The molecule has 0 aliphatic rings. The van der Waals surface area contributed by atoms with Crippen LogP contribution in [0.15, 0.2) is 41.6 Å². The lowest BCUT2D eigenvalue weighted by molar-refractivity contribution is 0.318. The third-order valence-corrected chi connectivity index (χ3v) is 3.29. The van der Waals surface area contributed by atoms with Gasteiger partial charge in [0, 0.05) is 16.7 Å². The van der Waals surface area contributed by atoms with Gasteiger partial charge in [-0.15, -0.1) is 0 Å². The van der Waals surface area contributed by atoms with Crippen molar-refractivity contribution in [2.75, 3.05) is 0 Å². The van der Waals surface area contributed by atoms with Crippen molar-refractivity contribution in [2.45, 2.75) is 0 Å². The Labute approximate surface area is 130 Å². The SMILES string of the molecule is NC(=NO)c1ccc(Oc2ccc(Cl)cc2Cl)cc1Cl. The Kier molecular flexibility index (Phi) is 4.60. The first kappa shape index (κ1) is 14.8. The molecule has 7 heteroatoms. The summed E-state index contributed by atoms with van der Waals surface area (Å²) in [5.74, 6) is 0.837. The predicted molar refractivity (Wildman–Crippen MR) is 80.5 cm³/mol. The Bertz CT molecular complexity index is 675. The second-order valence-electron chi connectivity index (χ2n) is 3.80. The molecule has 0 aliphatic carbocycles. The van der Waals surface area contributed by atoms with Gasteiger partial charge in [0.25, 0.3) is 0 Å². The molecule has 0 aliphatic heterocycles. The quantitative estimate of drug-likeness (QED) is 0.376. The molecule has 2 aromatic carbocycles. The average molecular weight is 332 g/mol. The maximum Gasteiger partial charge on any atom is 0.171 e. The van der Waals surface area contributed by atoms with E-state index in [0.717, 1.165) is 0 Å². The van der Waals surface area contributed by atoms with Crippen molar-refractivity contribution in [1.29, 1.82) is 0 Å². The van der Waals surface area contributed by atoms with E-state index in [4.69, 9.17) is 50.5 Å². The summed E-state index contributed by atoms with van der Waals surface area (Å²) in [5, 5.41) is 12.7. The highest BCUT2D eigenvalue weighted by molar-refractivity contribution is 6.35. The summed E-state index contributed by atoms with van der Waals surface area (Å²) in [6, 6.07) is 9.64. The molecule has 2 rings (SSSR count). The van der Waals surface area contributed by atoms with Gasteiger partial charge in [-0.25, -0.2) is 0 Å². The predicted octanol–water partition coefficient (Wildman–Crippen LogP) is 4.53. The highest BCUT2D eigenvalue weighted by atomic mass is 35.5. The Morgan fingerprint density at radius 2 is 1.80 bits per heavy atom. The van der Waals surface area contributed by atoms with Crippen LogP contribution in [0, 0.1) is 0 Å². The van der Waals surface area contributed by atoms with Gasteiger partial charge in [0.2, 0.25) is 0 Å². The van der Waals surface area contributed by atoms with Crippen LogP contribution in [-0.4, -0.2) is 11.0 Å². The lowest BCUT2D eigenvalue weighted by atomic mass is 10.2. The van der Waals surface area contributed by atoms with Crippen LogP contribution >= 0.6 is 34.8 Å². The standard InChI is InChI=1S/C13H9Cl3N2O2/c14-7-1-4-12(11(16)5-7)20-8-2-3-9(10(15)6-8)13(17)18-19/h1-6,19H,(H2,17,18). The Morgan fingerprint density at radius 1 is 1.05 bits per heavy atom. The molecule has 0 fully saturated rings. The van der Waals surface area contributed by atoms with Gasteiger partial charge >= 0.3 is 0 Å². The fourth-order valence-corrected chi connectivity index (χ4v) is 2.22. The molecule has 0 saturated heterocycles. The summed E-state index contributed by atoms with van der Waals surface area (Å²) in [7, 11) is 0. The number of oxime groups is 1. The maximum absolute atomic E-state index is 8.62. The van der Waals surface area contributed by atoms with E-state index in [-0.39, 0.29) is 5.84 Å². The number of nitrogens with zero attached hydrogens (tertiary/aromatic N) is 1. The molecule has 20 heavy (non-hydrogen) atoms. The molecule has 3 N–H and O–H groups in total. The van der Waals surface area contributed by atoms with Gasteiger partial charge in [0.05, 0.1) is 10.0 Å². The average Bonchev–Trinajstić information content (AvgIpc) is 2.41. The van der Waals surface area contributed by atoms with E-state index in [0.29, 0.717) is 32.1 Å². The Morgan fingerprint density at radius 3 is 2.40 bits per heavy atom. The van der Waals surface area contributed by atoms with Gasteiger partial charge in [-0.2, -0.15) is 0 Å². The normalized spacial score (nSPS) is 11.4. The zero-order valence-electron chi connectivity index (χ0n) is 9.98. The zero-order chi connectivity index (χ0) is 14.7. The van der Waals surface area contributed by atoms with E-state index >= 15 is 0 Å². The summed E-state index contributed by atoms with van der Waals surface area (Å²) in [6.45, 7) is 0. The summed E-state index contributed by atoms with van der Waals surface area (Å²) >= 11 is 17.8. The number of hydrogen-bond donors (Lipinski definition) is 2. The van der Waals surface area contributed by atoms with Crippen molar-refractivity contribution in [3.63, 3.8) is 0 Å². The minimum Gasteiger partial charge on any atom is -0.456 e. The van der Waals surface area contributed by atoms with E-state index in [1.165, 1.54) is 0 Å². The van der Waals surface area contributed by atoms with Crippen molar-refractivity contribution in [3.05, 3.63) is 57.0 Å². The van der Waals surface area contributed by atoms with Crippen molar-refractivity contribution < 1.29 is 9.94 Å². The maximum atomic E-state index is 8.62. The van der Waals surface area contributed by atoms with Crippen LogP contribution in [0.3, 0.4) is 0 Å². The van der Waals surface area contributed by atoms with E-state index in [1.807, 2.05) is 0 Å². The van der Waals surface area contributed by atoms with E-state index in [1.54, 1.807) is 36.4 Å². The van der Waals surface area contributed by atoms with Gasteiger partial charge in [-0.3, -0.25) is 0 Å². The first-order valence-electron chi connectivity index (χ1n) is 5.41. The number of ether oxygens (including phenoxy) is 1. The highest BCUT2D eigenvalue weighted by Gasteiger charge is 2.09. The summed E-state index contributed by atoms with van der Waals surface area (Å²) in [4.78, 5) is 0. The molecule has 0 atom stereocenters. The summed E-state index contributed by atoms with van der Waals surface area (Å²) in [6.07, 6.45) is 0. The summed E-state index contributed by atoms with van der Waals surface area (Å²) in [5.41, 5.74) is 5.88. The van der Waals surface area contributed by atoms with E-state index in [2.05, 4.69) is 5.16 Å². The van der Waals surface area contributed by atoms with Gasteiger partial charge in [0.1, 0.15) is 11.5 Å². The highest BCUT2D eigenvalue weighted by Crippen LogP contribution is 2.33. The van der Waals surface area contributed by atoms with Crippen LogP contribution in [0.5, 0.6) is 11.5 Å². The molecule has 0 amide bonds. The van der Waals surface area contributed by atoms with Gasteiger partial charge in [-0.1, -0.05) is 40.0 Å². The second-order valence-corrected chi connectivity index (χ2v) is 5.05. The van der Waals surface area contributed by atoms with Gasteiger partial charge in [-0.05, 0) is 30.3 Å². The Balaban J connectivity index is 2.29. The number of nitrogens with two attached hydrogens (primary N) is 1. The monoisotopic (exact) mass is 330 g/mol. The molecule has 2 aromatic rings. The van der Waals surface area contributed by atoms with Crippen LogP contribution < -0.4 is 10.5 Å². The van der Waals surface area contributed by atoms with E-state index < -0.39 is 0 Å². The van der Waals surface area contributed by atoms with Gasteiger partial charge < -0.3 is 15.7 Å². The molecule has 0 heterocycles. The lowest BCUT2D eigenvalue weighted by Gasteiger charge is -2.09. The first-order chi connectivity index (χ1) is 9.51. The molecule has 104 valence electrons. The smallest absolute Gasteiger partial charge is 0.171 e. The van der Waals surface area contributed by atoms with Gasteiger partial charge in [0.15, 0.2) is 5.84 Å². The first-order valence-corrected chi connectivity index (χ1v) is 6.55. The van der Waals surface area contributed by atoms with Crippen molar-refractivity contribution in [2.24, 2.45) is 10.9 Å². The van der Waals surface area contributed by atoms with E-state index in [9.17, 15) is 0 Å². The molecular formula is C13H9Cl3N2O2. The number of rotatable bonds is 3. The van der Waals surface area contributed by atoms with Crippen molar-refractivity contribution in [1.82, 2.24) is 0 Å². The Hall–Kier alpha value is -1.62. The van der Waals surface area contributed by atoms with Crippen LogP contribution in [0.2, 0.25) is 15.1 Å². The molecule has 0 aromatic heterocycles. The fourth-order valence-electron chi connectivity index (χ4n) is 1.51. The number of benzene rings is 2. The third kappa shape index (κ3) is 3.28. The lowest BCUT2D eigenvalue weighted by Crippen LogP contribution is -2.13. The summed E-state index contributed by atoms with van der Waals surface area (Å²) < 4.78 is 5.60. The van der Waals surface area contributed by atoms with Crippen molar-refractivity contribution in [3.8, 4) is 11.5 Å². The largest absolute Gasteiger partial charge is 0.456 e. The third-order valence-electron chi connectivity index (χ3n) is 2.45. The zero-order valence-corrected chi connectivity index (χ0v) is 12.2. The van der Waals surface area contributed by atoms with Crippen LogP contribution in [0.25, 0.3) is 0 Å². The molecule has 0 radical (unpaired) electrons. The van der Waals surface area contributed by atoms with Crippen LogP contribution in [-0.2, 0) is 0 Å².